The Labute approximate surface area is 122 Å². The second-order valence-corrected chi connectivity index (χ2v) is 4.10. The Morgan fingerprint density at radius 2 is 1.71 bits per heavy atom. The van der Waals surface area contributed by atoms with Crippen molar-refractivity contribution in [3.8, 4) is 17.2 Å². The maximum absolute atomic E-state index is 11.7. The second kappa shape index (κ2) is 7.09. The van der Waals surface area contributed by atoms with E-state index in [1.165, 1.54) is 7.11 Å². The van der Waals surface area contributed by atoms with Gasteiger partial charge in [0.1, 0.15) is 12.0 Å². The van der Waals surface area contributed by atoms with E-state index in [-0.39, 0.29) is 6.61 Å². The van der Waals surface area contributed by atoms with Crippen LogP contribution in [0.25, 0.3) is 0 Å². The zero-order valence-corrected chi connectivity index (χ0v) is 11.4. The maximum atomic E-state index is 11.7. The number of esters is 1. The molecule has 0 fully saturated rings. The molecule has 0 bridgehead atoms. The van der Waals surface area contributed by atoms with Crippen LogP contribution in [0.3, 0.4) is 0 Å². The van der Waals surface area contributed by atoms with E-state index in [1.54, 1.807) is 48.5 Å². The Hall–Kier alpha value is -2.82. The van der Waals surface area contributed by atoms with Crippen LogP contribution in [-0.2, 0) is 4.79 Å². The largest absolute Gasteiger partial charge is 0.493 e. The molecule has 0 heterocycles. The van der Waals surface area contributed by atoms with E-state index in [4.69, 9.17) is 14.2 Å². The maximum Gasteiger partial charge on any atom is 0.349 e. The highest BCUT2D eigenvalue weighted by Gasteiger charge is 2.09. The van der Waals surface area contributed by atoms with Crippen molar-refractivity contribution in [3.05, 3.63) is 54.1 Å². The van der Waals surface area contributed by atoms with Gasteiger partial charge in [0, 0.05) is 5.56 Å². The van der Waals surface area contributed by atoms with Crippen LogP contribution in [0.2, 0.25) is 0 Å². The van der Waals surface area contributed by atoms with Crippen LogP contribution in [0.4, 0.5) is 0 Å². The fourth-order valence-corrected chi connectivity index (χ4v) is 1.65. The lowest BCUT2D eigenvalue weighted by molar-refractivity contribution is -0.136. The molecule has 0 atom stereocenters. The van der Waals surface area contributed by atoms with E-state index in [0.717, 1.165) is 6.29 Å². The van der Waals surface area contributed by atoms with Crippen molar-refractivity contribution in [2.24, 2.45) is 0 Å². The molecule has 0 saturated heterocycles. The van der Waals surface area contributed by atoms with Crippen molar-refractivity contribution in [2.45, 2.75) is 0 Å². The van der Waals surface area contributed by atoms with Gasteiger partial charge in [0.25, 0.3) is 0 Å². The molecule has 108 valence electrons. The van der Waals surface area contributed by atoms with E-state index < -0.39 is 5.97 Å². The highest BCUT2D eigenvalue weighted by atomic mass is 16.6. The number of hydrogen-bond donors (Lipinski definition) is 0. The highest BCUT2D eigenvalue weighted by molar-refractivity contribution is 5.76. The Morgan fingerprint density at radius 3 is 2.33 bits per heavy atom. The Balaban J connectivity index is 1.91. The summed E-state index contributed by atoms with van der Waals surface area (Å²) in [6.45, 7) is -0.240. The van der Waals surface area contributed by atoms with Crippen molar-refractivity contribution in [3.63, 3.8) is 0 Å². The van der Waals surface area contributed by atoms with E-state index in [1.807, 2.05) is 0 Å². The molecule has 0 saturated carbocycles. The number of hydrogen-bond acceptors (Lipinski definition) is 5. The Morgan fingerprint density at radius 1 is 1.05 bits per heavy atom. The van der Waals surface area contributed by atoms with Crippen LogP contribution in [0.15, 0.2) is 48.5 Å². The van der Waals surface area contributed by atoms with Gasteiger partial charge in [-0.2, -0.15) is 0 Å². The smallest absolute Gasteiger partial charge is 0.349 e. The molecule has 2 aromatic carbocycles. The van der Waals surface area contributed by atoms with E-state index in [2.05, 4.69) is 0 Å². The number of para-hydroxylation sites is 2. The van der Waals surface area contributed by atoms with Crippen molar-refractivity contribution in [2.75, 3.05) is 13.7 Å². The minimum absolute atomic E-state index is 0.240. The first-order chi connectivity index (χ1) is 10.2. The lowest BCUT2D eigenvalue weighted by Gasteiger charge is -2.10. The van der Waals surface area contributed by atoms with Crippen LogP contribution in [0, 0.1) is 0 Å². The number of rotatable bonds is 6. The molecular formula is C16H14O5. The van der Waals surface area contributed by atoms with Crippen molar-refractivity contribution in [1.29, 1.82) is 0 Å². The first kappa shape index (κ1) is 14.6. The first-order valence-electron chi connectivity index (χ1n) is 6.24. The third kappa shape index (κ3) is 4.07. The van der Waals surface area contributed by atoms with Gasteiger partial charge in [0.2, 0.25) is 0 Å². The zero-order chi connectivity index (χ0) is 15.1. The summed E-state index contributed by atoms with van der Waals surface area (Å²) in [4.78, 5) is 22.2. The van der Waals surface area contributed by atoms with Crippen molar-refractivity contribution in [1.82, 2.24) is 0 Å². The summed E-state index contributed by atoms with van der Waals surface area (Å²) in [5.74, 6) is 0.822. The third-order valence-corrected chi connectivity index (χ3v) is 2.66. The second-order valence-electron chi connectivity index (χ2n) is 4.10. The van der Waals surface area contributed by atoms with E-state index >= 15 is 0 Å². The van der Waals surface area contributed by atoms with Gasteiger partial charge in [0.15, 0.2) is 18.1 Å². The van der Waals surface area contributed by atoms with Crippen molar-refractivity contribution < 1.29 is 23.8 Å². The number of aldehydes is 1. The molecule has 0 N–H and O–H groups in total. The molecule has 0 aliphatic heterocycles. The molecule has 0 aliphatic carbocycles. The van der Waals surface area contributed by atoms with Crippen LogP contribution in [0.5, 0.6) is 17.2 Å². The molecule has 21 heavy (non-hydrogen) atoms. The number of methoxy groups -OCH3 is 1. The van der Waals surface area contributed by atoms with Crippen LogP contribution >= 0.6 is 0 Å². The number of benzene rings is 2. The van der Waals surface area contributed by atoms with Gasteiger partial charge in [-0.3, -0.25) is 4.79 Å². The van der Waals surface area contributed by atoms with Gasteiger partial charge in [0.05, 0.1) is 7.11 Å². The third-order valence-electron chi connectivity index (χ3n) is 2.66. The zero-order valence-electron chi connectivity index (χ0n) is 11.4. The Kier molecular flexibility index (Phi) is 4.93. The molecule has 0 aromatic heterocycles. The van der Waals surface area contributed by atoms with E-state index in [9.17, 15) is 9.59 Å². The molecule has 0 unspecified atom stereocenters. The van der Waals surface area contributed by atoms with Gasteiger partial charge in [-0.05, 0) is 36.4 Å². The lowest BCUT2D eigenvalue weighted by Crippen LogP contribution is -2.17. The number of carbonyl (C=O) groups excluding carboxylic acids is 2. The molecular weight excluding hydrogens is 272 g/mol. The fraction of sp³-hybridized carbons (Fsp3) is 0.125. The van der Waals surface area contributed by atoms with Gasteiger partial charge >= 0.3 is 5.97 Å². The Bertz CT molecular complexity index is 619. The van der Waals surface area contributed by atoms with Crippen LogP contribution < -0.4 is 14.2 Å². The van der Waals surface area contributed by atoms with Gasteiger partial charge in [-0.15, -0.1) is 0 Å². The molecule has 0 aliphatic rings. The predicted molar refractivity (Wildman–Crippen MR) is 76.0 cm³/mol. The summed E-state index contributed by atoms with van der Waals surface area (Å²) in [6.07, 6.45) is 0.719. The monoisotopic (exact) mass is 286 g/mol. The molecule has 2 aromatic rings. The molecule has 0 spiro atoms. The lowest BCUT2D eigenvalue weighted by atomic mass is 10.2. The SMILES string of the molecule is COc1ccccc1OCC(=O)Oc1ccc(C=O)cc1. The summed E-state index contributed by atoms with van der Waals surface area (Å²) in [6, 6.07) is 13.2. The summed E-state index contributed by atoms with van der Waals surface area (Å²) in [5, 5.41) is 0. The predicted octanol–water partition coefficient (Wildman–Crippen LogP) is 2.49. The highest BCUT2D eigenvalue weighted by Crippen LogP contribution is 2.25. The molecule has 0 amide bonds. The number of ether oxygens (including phenoxy) is 3. The first-order valence-corrected chi connectivity index (χ1v) is 6.24. The normalized spacial score (nSPS) is 9.76. The standard InChI is InChI=1S/C16H14O5/c1-19-14-4-2-3-5-15(14)20-11-16(18)21-13-8-6-12(10-17)7-9-13/h2-10H,11H2,1H3. The molecule has 0 radical (unpaired) electrons. The average molecular weight is 286 g/mol. The summed E-state index contributed by atoms with van der Waals surface area (Å²) in [5.41, 5.74) is 0.514. The fourth-order valence-electron chi connectivity index (χ4n) is 1.65. The quantitative estimate of drug-likeness (QED) is 0.464. The number of carbonyl (C=O) groups is 2. The van der Waals surface area contributed by atoms with Crippen LogP contribution in [0.1, 0.15) is 10.4 Å². The van der Waals surface area contributed by atoms with Gasteiger partial charge in [-0.25, -0.2) is 4.79 Å². The molecule has 5 nitrogen and oxygen atoms in total. The summed E-state index contributed by atoms with van der Waals surface area (Å²) >= 11 is 0. The summed E-state index contributed by atoms with van der Waals surface area (Å²) in [7, 11) is 1.52. The molecule has 2 rings (SSSR count). The minimum Gasteiger partial charge on any atom is -0.493 e. The average Bonchev–Trinajstić information content (AvgIpc) is 2.54. The van der Waals surface area contributed by atoms with Gasteiger partial charge < -0.3 is 14.2 Å². The van der Waals surface area contributed by atoms with E-state index in [0.29, 0.717) is 22.8 Å². The van der Waals surface area contributed by atoms with Gasteiger partial charge in [-0.1, -0.05) is 12.1 Å². The summed E-state index contributed by atoms with van der Waals surface area (Å²) < 4.78 is 15.6. The van der Waals surface area contributed by atoms with Crippen molar-refractivity contribution >= 4 is 12.3 Å². The van der Waals surface area contributed by atoms with Crippen LogP contribution in [-0.4, -0.2) is 26.0 Å². The molecule has 5 heteroatoms. The minimum atomic E-state index is -0.542. The topological polar surface area (TPSA) is 61.8 Å².